The highest BCUT2D eigenvalue weighted by atomic mass is 19.3. The second-order valence-electron chi connectivity index (χ2n) is 6.62. The molecule has 1 saturated heterocycles. The van der Waals surface area contributed by atoms with Crippen LogP contribution >= 0.6 is 0 Å². The number of hydrogen-bond donors (Lipinski definition) is 0. The summed E-state index contributed by atoms with van der Waals surface area (Å²) in [5, 5.41) is 12.4. The first-order valence-corrected chi connectivity index (χ1v) is 9.03. The van der Waals surface area contributed by atoms with Gasteiger partial charge in [0.15, 0.2) is 11.5 Å². The zero-order valence-electron chi connectivity index (χ0n) is 15.6. The van der Waals surface area contributed by atoms with Crippen LogP contribution in [0, 0.1) is 0 Å². The Morgan fingerprint density at radius 2 is 1.93 bits per heavy atom. The van der Waals surface area contributed by atoms with E-state index in [2.05, 4.69) is 20.3 Å². The highest BCUT2D eigenvalue weighted by Gasteiger charge is 2.36. The highest BCUT2D eigenvalue weighted by Crippen LogP contribution is 2.29. The number of halogens is 2. The van der Waals surface area contributed by atoms with Crippen molar-refractivity contribution in [3.8, 4) is 23.1 Å². The van der Waals surface area contributed by atoms with Crippen molar-refractivity contribution in [2.24, 2.45) is 0 Å². The van der Waals surface area contributed by atoms with Crippen LogP contribution in [0.25, 0.3) is 17.2 Å². The van der Waals surface area contributed by atoms with Crippen molar-refractivity contribution in [2.45, 2.75) is 18.8 Å². The van der Waals surface area contributed by atoms with Crippen LogP contribution in [0.5, 0.6) is 5.88 Å². The molecule has 1 aliphatic heterocycles. The van der Waals surface area contributed by atoms with Crippen LogP contribution in [0.4, 0.5) is 8.78 Å². The number of pyridine rings is 1. The fourth-order valence-corrected chi connectivity index (χ4v) is 3.09. The van der Waals surface area contributed by atoms with Crippen molar-refractivity contribution in [2.75, 3.05) is 20.2 Å². The number of rotatable bonds is 4. The third kappa shape index (κ3) is 3.91. The molecule has 3 aromatic heterocycles. The van der Waals surface area contributed by atoms with Gasteiger partial charge in [0.2, 0.25) is 5.88 Å². The predicted octanol–water partition coefficient (Wildman–Crippen LogP) is 2.60. The first-order valence-electron chi connectivity index (χ1n) is 9.03. The smallest absolute Gasteiger partial charge is 0.274 e. The molecule has 0 aliphatic carbocycles. The van der Waals surface area contributed by atoms with Gasteiger partial charge in [-0.3, -0.25) is 9.78 Å². The maximum absolute atomic E-state index is 13.4. The minimum atomic E-state index is -2.73. The molecular weight excluding hydrogens is 382 g/mol. The monoisotopic (exact) mass is 400 g/mol. The fourth-order valence-electron chi connectivity index (χ4n) is 3.09. The maximum Gasteiger partial charge on any atom is 0.274 e. The molecule has 4 rings (SSSR count). The molecule has 3 aromatic rings. The molecule has 0 bridgehead atoms. The number of ether oxygens (including phenoxy) is 1. The second kappa shape index (κ2) is 7.53. The minimum Gasteiger partial charge on any atom is -0.480 e. The lowest BCUT2D eigenvalue weighted by molar-refractivity contribution is -0.0495. The molecule has 0 N–H and O–H groups in total. The molecular formula is C19H18F2N6O2. The number of methoxy groups -OCH3 is 1. The number of aromatic nitrogens is 5. The van der Waals surface area contributed by atoms with Gasteiger partial charge in [0, 0.05) is 38.2 Å². The summed E-state index contributed by atoms with van der Waals surface area (Å²) in [6.45, 7) is -0.0279. The van der Waals surface area contributed by atoms with E-state index in [1.54, 1.807) is 36.5 Å². The predicted molar refractivity (Wildman–Crippen MR) is 99.0 cm³/mol. The Morgan fingerprint density at radius 3 is 2.55 bits per heavy atom. The van der Waals surface area contributed by atoms with Crippen LogP contribution in [0.15, 0.2) is 42.6 Å². The van der Waals surface area contributed by atoms with Crippen molar-refractivity contribution in [3.63, 3.8) is 0 Å². The number of alkyl halides is 2. The number of hydrogen-bond acceptors (Lipinski definition) is 6. The van der Waals surface area contributed by atoms with E-state index in [0.717, 1.165) is 0 Å². The van der Waals surface area contributed by atoms with Gasteiger partial charge >= 0.3 is 0 Å². The Morgan fingerprint density at radius 1 is 1.14 bits per heavy atom. The highest BCUT2D eigenvalue weighted by molar-refractivity contribution is 5.93. The van der Waals surface area contributed by atoms with E-state index in [1.807, 2.05) is 6.07 Å². The lowest BCUT2D eigenvalue weighted by Gasteiger charge is -2.31. The lowest BCUT2D eigenvalue weighted by atomic mass is 10.1. The number of carbonyl (C=O) groups excluding carboxylic acids is 1. The van der Waals surface area contributed by atoms with Gasteiger partial charge in [0.05, 0.1) is 18.5 Å². The summed E-state index contributed by atoms with van der Waals surface area (Å²) in [4.78, 5) is 18.6. The Labute approximate surface area is 165 Å². The van der Waals surface area contributed by atoms with E-state index in [9.17, 15) is 13.6 Å². The van der Waals surface area contributed by atoms with Gasteiger partial charge < -0.3 is 9.64 Å². The van der Waals surface area contributed by atoms with E-state index < -0.39 is 11.8 Å². The number of piperidine rings is 1. The average molecular weight is 400 g/mol. The quantitative estimate of drug-likeness (QED) is 0.669. The Hall–Kier alpha value is -3.43. The molecule has 1 aliphatic rings. The molecule has 29 heavy (non-hydrogen) atoms. The van der Waals surface area contributed by atoms with Crippen LogP contribution in [0.2, 0.25) is 0 Å². The number of amides is 1. The summed E-state index contributed by atoms with van der Waals surface area (Å²) in [7, 11) is 1.48. The van der Waals surface area contributed by atoms with Crippen molar-refractivity contribution in [1.29, 1.82) is 0 Å². The standard InChI is InChI=1S/C19H18F2N6O2/c1-29-17-6-5-16(23-24-17)27-15(13-4-2-3-9-22-13)12-14(25-27)18(28)26-10-7-19(20,21)8-11-26/h2-6,9,12H,7-8,10-11H2,1H3. The molecule has 10 heteroatoms. The molecule has 0 radical (unpaired) electrons. The van der Waals surface area contributed by atoms with Crippen molar-refractivity contribution in [3.05, 3.63) is 48.3 Å². The summed E-state index contributed by atoms with van der Waals surface area (Å²) >= 11 is 0. The number of nitrogens with zero attached hydrogens (tertiary/aromatic N) is 6. The molecule has 0 aromatic carbocycles. The van der Waals surface area contributed by atoms with Gasteiger partial charge in [-0.25, -0.2) is 13.5 Å². The van der Waals surface area contributed by atoms with Crippen molar-refractivity contribution >= 4 is 5.91 Å². The zero-order chi connectivity index (χ0) is 20.4. The van der Waals surface area contributed by atoms with Crippen LogP contribution in [0.3, 0.4) is 0 Å². The average Bonchev–Trinajstić information content (AvgIpc) is 3.19. The summed E-state index contributed by atoms with van der Waals surface area (Å²) < 4.78 is 33.3. The van der Waals surface area contributed by atoms with E-state index in [4.69, 9.17) is 4.74 Å². The van der Waals surface area contributed by atoms with Crippen LogP contribution in [-0.2, 0) is 0 Å². The van der Waals surface area contributed by atoms with Crippen molar-refractivity contribution in [1.82, 2.24) is 29.9 Å². The largest absolute Gasteiger partial charge is 0.480 e. The lowest BCUT2D eigenvalue weighted by Crippen LogP contribution is -2.42. The Bertz CT molecular complexity index is 997. The fraction of sp³-hybridized carbons (Fsp3) is 0.316. The van der Waals surface area contributed by atoms with Crippen LogP contribution in [-0.4, -0.2) is 61.9 Å². The molecule has 0 saturated carbocycles. The third-order valence-electron chi connectivity index (χ3n) is 4.69. The molecule has 1 fully saturated rings. The number of likely N-dealkylation sites (tertiary alicyclic amines) is 1. The molecule has 1 amide bonds. The minimum absolute atomic E-state index is 0.0139. The molecule has 0 spiro atoms. The third-order valence-corrected chi connectivity index (χ3v) is 4.69. The van der Waals surface area contributed by atoms with E-state index in [-0.39, 0.29) is 31.6 Å². The van der Waals surface area contributed by atoms with Gasteiger partial charge in [0.1, 0.15) is 0 Å². The van der Waals surface area contributed by atoms with E-state index in [1.165, 1.54) is 16.7 Å². The van der Waals surface area contributed by atoms with E-state index in [0.29, 0.717) is 23.1 Å². The van der Waals surface area contributed by atoms with Crippen LogP contribution in [0.1, 0.15) is 23.3 Å². The van der Waals surface area contributed by atoms with Gasteiger partial charge in [-0.1, -0.05) is 6.07 Å². The summed E-state index contributed by atoms with van der Waals surface area (Å²) in [5.74, 6) is -2.42. The van der Waals surface area contributed by atoms with E-state index >= 15 is 0 Å². The first kappa shape index (κ1) is 18.9. The van der Waals surface area contributed by atoms with Gasteiger partial charge in [-0.2, -0.15) is 5.10 Å². The maximum atomic E-state index is 13.4. The summed E-state index contributed by atoms with van der Waals surface area (Å²) in [6, 6.07) is 10.2. The molecule has 0 unspecified atom stereocenters. The topological polar surface area (TPSA) is 86.0 Å². The SMILES string of the molecule is COc1ccc(-n2nc(C(=O)N3CCC(F)(F)CC3)cc2-c2ccccn2)nn1. The number of carbonyl (C=O) groups is 1. The van der Waals surface area contributed by atoms with Crippen molar-refractivity contribution < 1.29 is 18.3 Å². The van der Waals surface area contributed by atoms with Gasteiger partial charge in [-0.15, -0.1) is 10.2 Å². The van der Waals surface area contributed by atoms with Gasteiger partial charge in [-0.05, 0) is 24.3 Å². The Kier molecular flexibility index (Phi) is 4.91. The summed E-state index contributed by atoms with van der Waals surface area (Å²) in [6.07, 6.45) is 0.924. The molecule has 150 valence electrons. The van der Waals surface area contributed by atoms with Gasteiger partial charge in [0.25, 0.3) is 11.8 Å². The molecule has 0 atom stereocenters. The molecule has 4 heterocycles. The van der Waals surface area contributed by atoms with Crippen LogP contribution < -0.4 is 4.74 Å². The normalized spacial score (nSPS) is 15.9. The summed E-state index contributed by atoms with van der Waals surface area (Å²) in [5.41, 5.74) is 1.26. The zero-order valence-corrected chi connectivity index (χ0v) is 15.6. The second-order valence-corrected chi connectivity index (χ2v) is 6.62. The first-order chi connectivity index (χ1) is 14.0. The molecule has 8 nitrogen and oxygen atoms in total. The Balaban J connectivity index is 1.70.